The highest BCUT2D eigenvalue weighted by molar-refractivity contribution is 7.80. The van der Waals surface area contributed by atoms with Crippen molar-refractivity contribution >= 4 is 17.2 Å². The second-order valence-electron chi connectivity index (χ2n) is 3.42. The molecule has 0 aliphatic rings. The molecule has 0 fully saturated rings. The fourth-order valence-corrected chi connectivity index (χ4v) is 1.45. The molecule has 0 aliphatic heterocycles. The largest absolute Gasteiger partial charge is 0.388 e. The molecule has 2 nitrogen and oxygen atoms in total. The van der Waals surface area contributed by atoms with Crippen molar-refractivity contribution in [1.29, 1.82) is 0 Å². The fourth-order valence-electron chi connectivity index (χ4n) is 1.26. The van der Waals surface area contributed by atoms with E-state index in [2.05, 4.69) is 18.4 Å². The number of rotatable bonds is 4. The Morgan fingerprint density at radius 3 is 2.92 bits per heavy atom. The van der Waals surface area contributed by atoms with Crippen LogP contribution >= 0.6 is 12.2 Å². The lowest BCUT2D eigenvalue weighted by atomic mass is 10.1. The predicted molar refractivity (Wildman–Crippen MR) is 59.8 cm³/mol. The molecule has 1 heterocycles. The van der Waals surface area contributed by atoms with Gasteiger partial charge in [-0.2, -0.15) is 0 Å². The van der Waals surface area contributed by atoms with Gasteiger partial charge in [0.15, 0.2) is 0 Å². The normalized spacial score (nSPS) is 12.8. The summed E-state index contributed by atoms with van der Waals surface area (Å²) in [6.45, 7) is 5.41. The van der Waals surface area contributed by atoms with E-state index in [-0.39, 0.29) is 0 Å². The van der Waals surface area contributed by atoms with Crippen LogP contribution in [0.3, 0.4) is 0 Å². The van der Waals surface area contributed by atoms with Crippen molar-refractivity contribution in [2.75, 3.05) is 0 Å². The van der Waals surface area contributed by atoms with Crippen molar-refractivity contribution in [1.82, 2.24) is 4.57 Å². The zero-order chi connectivity index (χ0) is 9.84. The molecule has 3 heteroatoms. The molecule has 1 rings (SSSR count). The average molecular weight is 196 g/mol. The lowest BCUT2D eigenvalue weighted by Crippen LogP contribution is -2.17. The topological polar surface area (TPSA) is 30.9 Å². The third kappa shape index (κ3) is 2.56. The van der Waals surface area contributed by atoms with E-state index >= 15 is 0 Å². The molecule has 0 spiro atoms. The van der Waals surface area contributed by atoms with Gasteiger partial charge in [-0.25, -0.2) is 0 Å². The molecule has 2 N–H and O–H groups in total. The zero-order valence-electron chi connectivity index (χ0n) is 8.16. The summed E-state index contributed by atoms with van der Waals surface area (Å²) in [5.41, 5.74) is 6.55. The Bertz CT molecular complexity index is 291. The van der Waals surface area contributed by atoms with Crippen LogP contribution in [0.4, 0.5) is 0 Å². The van der Waals surface area contributed by atoms with Gasteiger partial charge in [0.2, 0.25) is 0 Å². The molecule has 1 aromatic heterocycles. The van der Waals surface area contributed by atoms with Gasteiger partial charge in [0.1, 0.15) is 4.99 Å². The van der Waals surface area contributed by atoms with Crippen molar-refractivity contribution in [2.24, 2.45) is 11.7 Å². The van der Waals surface area contributed by atoms with E-state index in [1.807, 2.05) is 18.3 Å². The summed E-state index contributed by atoms with van der Waals surface area (Å²) in [5, 5.41) is 0. The number of nitrogens with zero attached hydrogens (tertiary/aromatic N) is 1. The molecule has 13 heavy (non-hydrogen) atoms. The number of hydrogen-bond donors (Lipinski definition) is 1. The first-order valence-corrected chi connectivity index (χ1v) is 5.01. The third-order valence-corrected chi connectivity index (χ3v) is 2.50. The number of aromatic nitrogens is 1. The summed E-state index contributed by atoms with van der Waals surface area (Å²) in [5.74, 6) is 0.667. The van der Waals surface area contributed by atoms with Crippen LogP contribution in [0.1, 0.15) is 26.0 Å². The first-order valence-electron chi connectivity index (χ1n) is 4.60. The van der Waals surface area contributed by atoms with E-state index in [0.717, 1.165) is 12.2 Å². The van der Waals surface area contributed by atoms with E-state index in [0.29, 0.717) is 10.9 Å². The molecule has 0 saturated carbocycles. The Morgan fingerprint density at radius 1 is 1.69 bits per heavy atom. The molecule has 0 amide bonds. The first kappa shape index (κ1) is 10.3. The fraction of sp³-hybridized carbons (Fsp3) is 0.500. The number of hydrogen-bond acceptors (Lipinski definition) is 1. The molecule has 0 aromatic carbocycles. The molecular weight excluding hydrogens is 180 g/mol. The van der Waals surface area contributed by atoms with Crippen molar-refractivity contribution in [3.05, 3.63) is 24.0 Å². The number of nitrogens with two attached hydrogens (primary N) is 1. The van der Waals surface area contributed by atoms with Gasteiger partial charge in [-0.15, -0.1) is 0 Å². The molecule has 1 atom stereocenters. The van der Waals surface area contributed by atoms with Crippen LogP contribution < -0.4 is 5.73 Å². The van der Waals surface area contributed by atoms with Gasteiger partial charge < -0.3 is 10.3 Å². The van der Waals surface area contributed by atoms with Crippen LogP contribution in [0.25, 0.3) is 0 Å². The van der Waals surface area contributed by atoms with Gasteiger partial charge in [-0.05, 0) is 18.1 Å². The maximum Gasteiger partial charge on any atom is 0.120 e. The van der Waals surface area contributed by atoms with Crippen LogP contribution in [-0.2, 0) is 6.54 Å². The molecule has 0 aliphatic carbocycles. The average Bonchev–Trinajstić information content (AvgIpc) is 2.52. The lowest BCUT2D eigenvalue weighted by molar-refractivity contribution is 0.468. The molecule has 0 saturated heterocycles. The van der Waals surface area contributed by atoms with Gasteiger partial charge >= 0.3 is 0 Å². The lowest BCUT2D eigenvalue weighted by Gasteiger charge is -2.12. The van der Waals surface area contributed by atoms with Crippen LogP contribution in [0.2, 0.25) is 0 Å². The van der Waals surface area contributed by atoms with Crippen LogP contribution in [0, 0.1) is 5.92 Å². The van der Waals surface area contributed by atoms with Crippen molar-refractivity contribution in [3.63, 3.8) is 0 Å². The maximum atomic E-state index is 5.59. The van der Waals surface area contributed by atoms with E-state index in [1.165, 1.54) is 6.42 Å². The SMILES string of the molecule is CCC(C)Cn1cccc1C(N)=S. The van der Waals surface area contributed by atoms with Gasteiger partial charge in [-0.1, -0.05) is 32.5 Å². The Labute approximate surface area is 84.7 Å². The Balaban J connectivity index is 2.76. The molecular formula is C10H16N2S. The van der Waals surface area contributed by atoms with E-state index in [4.69, 9.17) is 18.0 Å². The summed E-state index contributed by atoms with van der Waals surface area (Å²) in [6, 6.07) is 3.95. The highest BCUT2D eigenvalue weighted by Crippen LogP contribution is 2.09. The quantitative estimate of drug-likeness (QED) is 0.748. The highest BCUT2D eigenvalue weighted by Gasteiger charge is 2.05. The minimum absolute atomic E-state index is 0.480. The zero-order valence-corrected chi connectivity index (χ0v) is 8.97. The second-order valence-corrected chi connectivity index (χ2v) is 3.86. The monoisotopic (exact) mass is 196 g/mol. The van der Waals surface area contributed by atoms with Crippen LogP contribution in [0.15, 0.2) is 18.3 Å². The van der Waals surface area contributed by atoms with Crippen molar-refractivity contribution in [3.8, 4) is 0 Å². The second kappa shape index (κ2) is 4.42. The Kier molecular flexibility index (Phi) is 3.48. The molecule has 0 radical (unpaired) electrons. The van der Waals surface area contributed by atoms with Gasteiger partial charge in [-0.3, -0.25) is 0 Å². The van der Waals surface area contributed by atoms with E-state index in [1.54, 1.807) is 0 Å². The minimum atomic E-state index is 0.480. The minimum Gasteiger partial charge on any atom is -0.388 e. The summed E-state index contributed by atoms with van der Waals surface area (Å²) >= 11 is 4.95. The summed E-state index contributed by atoms with van der Waals surface area (Å²) in [7, 11) is 0. The Morgan fingerprint density at radius 2 is 2.38 bits per heavy atom. The summed E-state index contributed by atoms with van der Waals surface area (Å²) in [4.78, 5) is 0.480. The molecule has 0 bridgehead atoms. The predicted octanol–water partition coefficient (Wildman–Crippen LogP) is 2.17. The smallest absolute Gasteiger partial charge is 0.120 e. The third-order valence-electron chi connectivity index (χ3n) is 2.29. The maximum absolute atomic E-state index is 5.59. The number of thiocarbonyl (C=S) groups is 1. The standard InChI is InChI=1S/C10H16N2S/c1-3-8(2)7-12-6-4-5-9(12)10(11)13/h4-6,8H,3,7H2,1-2H3,(H2,11,13). The summed E-state index contributed by atoms with van der Waals surface area (Å²) in [6.07, 6.45) is 3.20. The van der Waals surface area contributed by atoms with Crippen molar-refractivity contribution < 1.29 is 0 Å². The van der Waals surface area contributed by atoms with E-state index < -0.39 is 0 Å². The summed E-state index contributed by atoms with van der Waals surface area (Å²) < 4.78 is 2.12. The van der Waals surface area contributed by atoms with E-state index in [9.17, 15) is 0 Å². The van der Waals surface area contributed by atoms with Crippen LogP contribution in [0.5, 0.6) is 0 Å². The highest BCUT2D eigenvalue weighted by atomic mass is 32.1. The molecule has 1 unspecified atom stereocenters. The molecule has 1 aromatic rings. The van der Waals surface area contributed by atoms with Gasteiger partial charge in [0.25, 0.3) is 0 Å². The molecule has 72 valence electrons. The first-order chi connectivity index (χ1) is 6.15. The van der Waals surface area contributed by atoms with Crippen molar-refractivity contribution in [2.45, 2.75) is 26.8 Å². The van der Waals surface area contributed by atoms with Gasteiger partial charge in [0, 0.05) is 12.7 Å². The van der Waals surface area contributed by atoms with Gasteiger partial charge in [0.05, 0.1) is 5.69 Å². The Hall–Kier alpha value is -0.830. The van der Waals surface area contributed by atoms with Crippen LogP contribution in [-0.4, -0.2) is 9.56 Å².